The van der Waals surface area contributed by atoms with Crippen LogP contribution in [0, 0.1) is 11.6 Å². The van der Waals surface area contributed by atoms with E-state index >= 15 is 0 Å². The maximum atomic E-state index is 13.6. The Morgan fingerprint density at radius 3 is 2.47 bits per heavy atom. The molecule has 0 bridgehead atoms. The van der Waals surface area contributed by atoms with Crippen LogP contribution >= 0.6 is 27.5 Å². The first-order chi connectivity index (χ1) is 7.11. The zero-order valence-corrected chi connectivity index (χ0v) is 10.3. The summed E-state index contributed by atoms with van der Waals surface area (Å²) in [6.45, 7) is 0. The van der Waals surface area contributed by atoms with Crippen molar-refractivity contribution in [2.45, 2.75) is 30.6 Å². The lowest BCUT2D eigenvalue weighted by molar-refractivity contribution is 0.556. The van der Waals surface area contributed by atoms with E-state index in [1.54, 1.807) is 0 Å². The van der Waals surface area contributed by atoms with Crippen LogP contribution < -0.4 is 0 Å². The Balaban J connectivity index is 2.46. The van der Waals surface area contributed by atoms with E-state index < -0.39 is 5.82 Å². The Kier molecular flexibility index (Phi) is 3.31. The van der Waals surface area contributed by atoms with Gasteiger partial charge >= 0.3 is 0 Å². The second kappa shape index (κ2) is 4.38. The summed E-state index contributed by atoms with van der Waals surface area (Å²) in [7, 11) is 0. The third-order valence-corrected chi connectivity index (χ3v) is 4.21. The maximum absolute atomic E-state index is 13.6. The first-order valence-electron chi connectivity index (χ1n) is 4.88. The molecule has 1 aliphatic rings. The third-order valence-electron chi connectivity index (χ3n) is 2.88. The van der Waals surface area contributed by atoms with Crippen molar-refractivity contribution in [3.63, 3.8) is 0 Å². The van der Waals surface area contributed by atoms with E-state index in [1.807, 2.05) is 0 Å². The fraction of sp³-hybridized carbons (Fsp3) is 0.455. The summed E-state index contributed by atoms with van der Waals surface area (Å²) < 4.78 is 27.1. The summed E-state index contributed by atoms with van der Waals surface area (Å²) >= 11 is 9.19. The average Bonchev–Trinajstić information content (AvgIpc) is 2.60. The first-order valence-corrected chi connectivity index (χ1v) is 6.11. The van der Waals surface area contributed by atoms with Crippen LogP contribution in [0.15, 0.2) is 16.6 Å². The topological polar surface area (TPSA) is 0 Å². The summed E-state index contributed by atoms with van der Waals surface area (Å²) in [4.78, 5) is 0. The molecule has 0 heterocycles. The second-order valence-corrected chi connectivity index (χ2v) is 5.16. The molecule has 0 spiro atoms. The van der Waals surface area contributed by atoms with E-state index in [0.717, 1.165) is 31.4 Å². The van der Waals surface area contributed by atoms with Gasteiger partial charge in [0.25, 0.3) is 0 Å². The number of benzene rings is 1. The zero-order valence-electron chi connectivity index (χ0n) is 7.94. The van der Waals surface area contributed by atoms with Crippen molar-refractivity contribution >= 4 is 27.5 Å². The summed E-state index contributed by atoms with van der Waals surface area (Å²) in [5, 5.41) is -0.0856. The second-order valence-electron chi connectivity index (χ2n) is 3.81. The van der Waals surface area contributed by atoms with Gasteiger partial charge in [-0.25, -0.2) is 8.78 Å². The lowest BCUT2D eigenvalue weighted by atomic mass is 9.97. The highest BCUT2D eigenvalue weighted by Gasteiger charge is 2.31. The molecule has 0 nitrogen and oxygen atoms in total. The predicted octanol–water partition coefficient (Wildman–Crippen LogP) is 4.60. The molecular weight excluding hydrogens is 285 g/mol. The average molecular weight is 296 g/mol. The highest BCUT2D eigenvalue weighted by molar-refractivity contribution is 9.10. The quantitative estimate of drug-likeness (QED) is 0.524. The molecule has 2 unspecified atom stereocenters. The molecule has 1 aliphatic carbocycles. The predicted molar refractivity (Wildman–Crippen MR) is 60.3 cm³/mol. The van der Waals surface area contributed by atoms with Crippen LogP contribution in [0.1, 0.15) is 30.7 Å². The Morgan fingerprint density at radius 2 is 1.87 bits per heavy atom. The highest BCUT2D eigenvalue weighted by Crippen LogP contribution is 2.42. The van der Waals surface area contributed by atoms with Gasteiger partial charge < -0.3 is 0 Å². The minimum Gasteiger partial charge on any atom is -0.207 e. The summed E-state index contributed by atoms with van der Waals surface area (Å²) in [5.41, 5.74) is 0.396. The molecule has 1 fully saturated rings. The SMILES string of the molecule is Fc1ccc(F)c(C2CCCC2Cl)c1Br. The fourth-order valence-corrected chi connectivity index (χ4v) is 3.14. The molecular formula is C11H10BrClF2. The van der Waals surface area contributed by atoms with Gasteiger partial charge in [0.15, 0.2) is 0 Å². The molecule has 1 aromatic rings. The van der Waals surface area contributed by atoms with Gasteiger partial charge in [0.1, 0.15) is 11.6 Å². The highest BCUT2D eigenvalue weighted by atomic mass is 79.9. The van der Waals surface area contributed by atoms with Gasteiger partial charge in [0.2, 0.25) is 0 Å². The van der Waals surface area contributed by atoms with Crippen molar-refractivity contribution in [1.82, 2.24) is 0 Å². The molecule has 15 heavy (non-hydrogen) atoms. The van der Waals surface area contributed by atoms with E-state index in [9.17, 15) is 8.78 Å². The Morgan fingerprint density at radius 1 is 1.20 bits per heavy atom. The van der Waals surface area contributed by atoms with Gasteiger partial charge in [-0.1, -0.05) is 6.42 Å². The van der Waals surface area contributed by atoms with Gasteiger partial charge in [-0.05, 0) is 40.9 Å². The van der Waals surface area contributed by atoms with Crippen molar-refractivity contribution in [2.75, 3.05) is 0 Å². The van der Waals surface area contributed by atoms with Crippen molar-refractivity contribution in [2.24, 2.45) is 0 Å². The van der Waals surface area contributed by atoms with Gasteiger partial charge in [-0.15, -0.1) is 11.6 Å². The minimum atomic E-state index is -0.429. The van der Waals surface area contributed by atoms with Gasteiger partial charge in [0, 0.05) is 16.9 Å². The van der Waals surface area contributed by atoms with Crippen LogP contribution in [-0.2, 0) is 0 Å². The van der Waals surface area contributed by atoms with E-state index in [1.165, 1.54) is 0 Å². The molecule has 0 aromatic heterocycles. The molecule has 0 amide bonds. The number of hydrogen-bond acceptors (Lipinski definition) is 0. The third kappa shape index (κ3) is 2.04. The molecule has 0 radical (unpaired) electrons. The lowest BCUT2D eigenvalue weighted by Crippen LogP contribution is -2.09. The Bertz CT molecular complexity index is 381. The smallest absolute Gasteiger partial charge is 0.137 e. The molecule has 1 saturated carbocycles. The molecule has 2 rings (SSSR count). The van der Waals surface area contributed by atoms with E-state index in [0.29, 0.717) is 5.56 Å². The largest absolute Gasteiger partial charge is 0.207 e. The summed E-state index contributed by atoms with van der Waals surface area (Å²) in [5.74, 6) is -0.875. The molecule has 0 saturated heterocycles. The van der Waals surface area contributed by atoms with Crippen LogP contribution in [0.2, 0.25) is 0 Å². The standard InChI is InChI=1S/C11H10BrClF2/c12-11-9(15)5-4-8(14)10(11)6-2-1-3-7(6)13/h4-7H,1-3H2. The first kappa shape index (κ1) is 11.3. The number of halogens is 4. The van der Waals surface area contributed by atoms with Crippen LogP contribution in [-0.4, -0.2) is 5.38 Å². The van der Waals surface area contributed by atoms with Crippen molar-refractivity contribution in [3.8, 4) is 0 Å². The van der Waals surface area contributed by atoms with E-state index in [2.05, 4.69) is 15.9 Å². The van der Waals surface area contributed by atoms with E-state index in [4.69, 9.17) is 11.6 Å². The molecule has 1 aromatic carbocycles. The maximum Gasteiger partial charge on any atom is 0.137 e. The Labute approximate surface area is 101 Å². The van der Waals surface area contributed by atoms with Crippen LogP contribution in [0.25, 0.3) is 0 Å². The van der Waals surface area contributed by atoms with Crippen LogP contribution in [0.5, 0.6) is 0 Å². The van der Waals surface area contributed by atoms with Gasteiger partial charge in [0.05, 0.1) is 4.47 Å². The van der Waals surface area contributed by atoms with Gasteiger partial charge in [-0.3, -0.25) is 0 Å². The molecule has 2 atom stereocenters. The number of alkyl halides is 1. The van der Waals surface area contributed by atoms with Crippen LogP contribution in [0.3, 0.4) is 0 Å². The molecule has 0 N–H and O–H groups in total. The summed E-state index contributed by atoms with van der Waals surface area (Å²) in [6.07, 6.45) is 2.67. The monoisotopic (exact) mass is 294 g/mol. The normalized spacial score (nSPS) is 25.9. The fourth-order valence-electron chi connectivity index (χ4n) is 2.12. The van der Waals surface area contributed by atoms with Crippen molar-refractivity contribution in [1.29, 1.82) is 0 Å². The molecule has 0 aliphatic heterocycles. The van der Waals surface area contributed by atoms with Crippen molar-refractivity contribution < 1.29 is 8.78 Å². The van der Waals surface area contributed by atoms with E-state index in [-0.39, 0.29) is 21.6 Å². The van der Waals surface area contributed by atoms with Gasteiger partial charge in [-0.2, -0.15) is 0 Å². The molecule has 4 heteroatoms. The number of rotatable bonds is 1. The lowest BCUT2D eigenvalue weighted by Gasteiger charge is -2.17. The minimum absolute atomic E-state index is 0.0725. The Hall–Kier alpha value is -0.150. The van der Waals surface area contributed by atoms with Crippen LogP contribution in [0.4, 0.5) is 8.78 Å². The van der Waals surface area contributed by atoms with Crippen molar-refractivity contribution in [3.05, 3.63) is 33.8 Å². The molecule has 82 valence electrons. The summed E-state index contributed by atoms with van der Waals surface area (Å²) in [6, 6.07) is 2.29. The zero-order chi connectivity index (χ0) is 11.0. The number of hydrogen-bond donors (Lipinski definition) is 0.